The van der Waals surface area contributed by atoms with Crippen molar-refractivity contribution in [1.29, 1.82) is 0 Å². The number of rotatable bonds is 4. The second-order valence-corrected chi connectivity index (χ2v) is 4.18. The summed E-state index contributed by atoms with van der Waals surface area (Å²) in [4.78, 5) is 0. The SMILES string of the molecule is C=Cc1cc(OCC)ccc1-c1ccsc1. The Morgan fingerprint density at radius 2 is 2.25 bits per heavy atom. The highest BCUT2D eigenvalue weighted by atomic mass is 32.1. The van der Waals surface area contributed by atoms with Gasteiger partial charge in [-0.1, -0.05) is 18.7 Å². The molecule has 1 nitrogen and oxygen atoms in total. The van der Waals surface area contributed by atoms with Crippen molar-refractivity contribution in [3.05, 3.63) is 47.2 Å². The predicted molar refractivity (Wildman–Crippen MR) is 71.0 cm³/mol. The fourth-order valence-corrected chi connectivity index (χ4v) is 2.30. The van der Waals surface area contributed by atoms with E-state index in [0.717, 1.165) is 11.3 Å². The molecule has 0 fully saturated rings. The zero-order chi connectivity index (χ0) is 11.4. The van der Waals surface area contributed by atoms with Crippen LogP contribution in [0.25, 0.3) is 17.2 Å². The maximum atomic E-state index is 5.48. The normalized spacial score (nSPS) is 10.1. The topological polar surface area (TPSA) is 9.23 Å². The summed E-state index contributed by atoms with van der Waals surface area (Å²) in [6, 6.07) is 8.24. The van der Waals surface area contributed by atoms with Crippen LogP contribution < -0.4 is 4.74 Å². The molecule has 0 aliphatic rings. The van der Waals surface area contributed by atoms with Crippen LogP contribution in [0.1, 0.15) is 12.5 Å². The van der Waals surface area contributed by atoms with Gasteiger partial charge in [0.2, 0.25) is 0 Å². The van der Waals surface area contributed by atoms with Gasteiger partial charge < -0.3 is 4.74 Å². The zero-order valence-corrected chi connectivity index (χ0v) is 10.1. The van der Waals surface area contributed by atoms with E-state index >= 15 is 0 Å². The number of ether oxygens (including phenoxy) is 1. The molecule has 2 heteroatoms. The summed E-state index contributed by atoms with van der Waals surface area (Å²) < 4.78 is 5.48. The van der Waals surface area contributed by atoms with Gasteiger partial charge in [-0.25, -0.2) is 0 Å². The lowest BCUT2D eigenvalue weighted by atomic mass is 10.0. The molecule has 1 aromatic carbocycles. The second kappa shape index (κ2) is 4.99. The van der Waals surface area contributed by atoms with Gasteiger partial charge in [-0.3, -0.25) is 0 Å². The summed E-state index contributed by atoms with van der Waals surface area (Å²) in [5, 5.41) is 4.22. The molecule has 1 heterocycles. The molecule has 0 amide bonds. The molecule has 0 unspecified atom stereocenters. The quantitative estimate of drug-likeness (QED) is 0.753. The van der Waals surface area contributed by atoms with Crippen molar-refractivity contribution in [2.75, 3.05) is 6.61 Å². The van der Waals surface area contributed by atoms with Crippen LogP contribution in [-0.2, 0) is 0 Å². The summed E-state index contributed by atoms with van der Waals surface area (Å²) in [5.41, 5.74) is 3.56. The lowest BCUT2D eigenvalue weighted by Crippen LogP contribution is -1.92. The third kappa shape index (κ3) is 2.17. The van der Waals surface area contributed by atoms with Gasteiger partial charge in [-0.2, -0.15) is 11.3 Å². The molecule has 0 spiro atoms. The van der Waals surface area contributed by atoms with Crippen LogP contribution in [0.3, 0.4) is 0 Å². The van der Waals surface area contributed by atoms with Crippen LogP contribution in [0.2, 0.25) is 0 Å². The van der Waals surface area contributed by atoms with E-state index in [1.54, 1.807) is 11.3 Å². The molecule has 16 heavy (non-hydrogen) atoms. The van der Waals surface area contributed by atoms with E-state index < -0.39 is 0 Å². The number of thiophene rings is 1. The number of hydrogen-bond donors (Lipinski definition) is 0. The van der Waals surface area contributed by atoms with Gasteiger partial charge in [0.15, 0.2) is 0 Å². The maximum absolute atomic E-state index is 5.48. The molecular weight excluding hydrogens is 216 g/mol. The van der Waals surface area contributed by atoms with Crippen molar-refractivity contribution in [2.24, 2.45) is 0 Å². The van der Waals surface area contributed by atoms with Crippen LogP contribution in [-0.4, -0.2) is 6.61 Å². The van der Waals surface area contributed by atoms with Crippen LogP contribution in [0.5, 0.6) is 5.75 Å². The molecule has 0 radical (unpaired) electrons. The van der Waals surface area contributed by atoms with E-state index in [4.69, 9.17) is 4.74 Å². The van der Waals surface area contributed by atoms with E-state index in [1.807, 2.05) is 25.1 Å². The van der Waals surface area contributed by atoms with Gasteiger partial charge in [0.25, 0.3) is 0 Å². The summed E-state index contributed by atoms with van der Waals surface area (Å²) in [5.74, 6) is 0.899. The Morgan fingerprint density at radius 1 is 1.38 bits per heavy atom. The Balaban J connectivity index is 2.43. The highest BCUT2D eigenvalue weighted by Crippen LogP contribution is 2.29. The van der Waals surface area contributed by atoms with Crippen molar-refractivity contribution < 1.29 is 4.74 Å². The van der Waals surface area contributed by atoms with E-state index in [0.29, 0.717) is 6.61 Å². The highest BCUT2D eigenvalue weighted by Gasteiger charge is 2.04. The molecular formula is C14H14OS. The Kier molecular flexibility index (Phi) is 3.42. The first-order valence-corrected chi connectivity index (χ1v) is 6.21. The van der Waals surface area contributed by atoms with Crippen LogP contribution in [0.15, 0.2) is 41.6 Å². The largest absolute Gasteiger partial charge is 0.494 e. The summed E-state index contributed by atoms with van der Waals surface area (Å²) in [6.45, 7) is 6.53. The molecule has 2 aromatic rings. The second-order valence-electron chi connectivity index (χ2n) is 3.40. The third-order valence-electron chi connectivity index (χ3n) is 2.39. The first-order chi connectivity index (χ1) is 7.85. The fourth-order valence-electron chi connectivity index (χ4n) is 1.65. The number of hydrogen-bond acceptors (Lipinski definition) is 2. The molecule has 0 N–H and O–H groups in total. The van der Waals surface area contributed by atoms with Gasteiger partial charge in [-0.15, -0.1) is 0 Å². The molecule has 0 saturated carbocycles. The Labute approximate surface area is 100 Å². The molecule has 0 aliphatic heterocycles. The average molecular weight is 230 g/mol. The summed E-state index contributed by atoms with van der Waals surface area (Å²) in [6.07, 6.45) is 1.87. The average Bonchev–Trinajstić information content (AvgIpc) is 2.83. The van der Waals surface area contributed by atoms with Gasteiger partial charge >= 0.3 is 0 Å². The first kappa shape index (κ1) is 11.0. The fraction of sp³-hybridized carbons (Fsp3) is 0.143. The van der Waals surface area contributed by atoms with E-state index in [1.165, 1.54) is 11.1 Å². The van der Waals surface area contributed by atoms with Gasteiger partial charge in [0, 0.05) is 0 Å². The zero-order valence-electron chi connectivity index (χ0n) is 9.27. The Morgan fingerprint density at radius 3 is 2.88 bits per heavy atom. The molecule has 0 bridgehead atoms. The number of benzene rings is 1. The minimum Gasteiger partial charge on any atom is -0.494 e. The lowest BCUT2D eigenvalue weighted by Gasteiger charge is -2.08. The molecule has 82 valence electrons. The molecule has 2 rings (SSSR count). The standard InChI is InChI=1S/C14H14OS/c1-3-11-9-13(15-4-2)5-6-14(11)12-7-8-16-10-12/h3,5-10H,1,4H2,2H3. The minimum atomic E-state index is 0.689. The Bertz CT molecular complexity index is 471. The molecule has 1 aromatic heterocycles. The van der Waals surface area contributed by atoms with Gasteiger partial charge in [0.1, 0.15) is 5.75 Å². The molecule has 0 saturated heterocycles. The lowest BCUT2D eigenvalue weighted by molar-refractivity contribution is 0.340. The maximum Gasteiger partial charge on any atom is 0.119 e. The molecule has 0 aliphatic carbocycles. The van der Waals surface area contributed by atoms with Crippen molar-refractivity contribution >= 4 is 17.4 Å². The van der Waals surface area contributed by atoms with Crippen molar-refractivity contribution in [2.45, 2.75) is 6.92 Å². The van der Waals surface area contributed by atoms with Crippen LogP contribution in [0, 0.1) is 0 Å². The molecule has 0 atom stereocenters. The van der Waals surface area contributed by atoms with E-state index in [-0.39, 0.29) is 0 Å². The van der Waals surface area contributed by atoms with E-state index in [9.17, 15) is 0 Å². The van der Waals surface area contributed by atoms with Gasteiger partial charge in [0.05, 0.1) is 6.61 Å². The first-order valence-electron chi connectivity index (χ1n) is 5.27. The summed E-state index contributed by atoms with van der Waals surface area (Å²) in [7, 11) is 0. The van der Waals surface area contributed by atoms with E-state index in [2.05, 4.69) is 29.5 Å². The monoisotopic (exact) mass is 230 g/mol. The Hall–Kier alpha value is -1.54. The minimum absolute atomic E-state index is 0.689. The van der Waals surface area contributed by atoms with Crippen LogP contribution >= 0.6 is 11.3 Å². The summed E-state index contributed by atoms with van der Waals surface area (Å²) >= 11 is 1.70. The third-order valence-corrected chi connectivity index (χ3v) is 3.07. The van der Waals surface area contributed by atoms with Crippen LogP contribution in [0.4, 0.5) is 0 Å². The van der Waals surface area contributed by atoms with Gasteiger partial charge in [-0.05, 0) is 52.6 Å². The predicted octanol–water partition coefficient (Wildman–Crippen LogP) is 4.46. The smallest absolute Gasteiger partial charge is 0.119 e. The van der Waals surface area contributed by atoms with Crippen molar-refractivity contribution in [3.63, 3.8) is 0 Å². The highest BCUT2D eigenvalue weighted by molar-refractivity contribution is 7.08. The van der Waals surface area contributed by atoms with Crippen molar-refractivity contribution in [1.82, 2.24) is 0 Å². The van der Waals surface area contributed by atoms with Crippen molar-refractivity contribution in [3.8, 4) is 16.9 Å².